The summed E-state index contributed by atoms with van der Waals surface area (Å²) in [5.74, 6) is 0. The maximum absolute atomic E-state index is 11.8. The first kappa shape index (κ1) is 11.7. The van der Waals surface area contributed by atoms with Gasteiger partial charge in [0, 0.05) is 12.6 Å². The second-order valence-electron chi connectivity index (χ2n) is 4.61. The van der Waals surface area contributed by atoms with Crippen LogP contribution in [0.15, 0.2) is 33.6 Å². The average Bonchev–Trinajstić information content (AvgIpc) is 2.86. The fourth-order valence-electron chi connectivity index (χ4n) is 2.45. The second-order valence-corrected chi connectivity index (χ2v) is 6.21. The highest BCUT2D eigenvalue weighted by atomic mass is 32.2. The Kier molecular flexibility index (Phi) is 2.83. The molecule has 0 radical (unpaired) electrons. The Balaban J connectivity index is 1.93. The van der Waals surface area contributed by atoms with Gasteiger partial charge in [-0.15, -0.1) is 4.40 Å². The van der Waals surface area contributed by atoms with Gasteiger partial charge in [0.25, 0.3) is 10.0 Å². The highest BCUT2D eigenvalue weighted by molar-refractivity contribution is 7.90. The van der Waals surface area contributed by atoms with Gasteiger partial charge in [-0.1, -0.05) is 12.1 Å². The van der Waals surface area contributed by atoms with E-state index in [-0.39, 0.29) is 0 Å². The molecule has 1 N–H and O–H groups in total. The van der Waals surface area contributed by atoms with Crippen molar-refractivity contribution in [2.45, 2.75) is 23.8 Å². The Labute approximate surface area is 107 Å². The van der Waals surface area contributed by atoms with Crippen molar-refractivity contribution < 1.29 is 8.42 Å². The first-order valence-electron chi connectivity index (χ1n) is 6.06. The van der Waals surface area contributed by atoms with Crippen molar-refractivity contribution in [3.8, 4) is 0 Å². The number of fused-ring (bicyclic) bond motifs is 1. The molecule has 0 bridgehead atoms. The second kappa shape index (κ2) is 4.37. The largest absolute Gasteiger partial charge is 0.329 e. The molecular weight excluding hydrogens is 250 g/mol. The smallest absolute Gasteiger partial charge is 0.285 e. The minimum atomic E-state index is -3.50. The average molecular weight is 265 g/mol. The normalized spacial score (nSPS) is 25.1. The summed E-state index contributed by atoms with van der Waals surface area (Å²) in [5.41, 5.74) is 0.723. The van der Waals surface area contributed by atoms with Gasteiger partial charge in [0.1, 0.15) is 11.2 Å². The Hall–Kier alpha value is -1.40. The van der Waals surface area contributed by atoms with Gasteiger partial charge in [0.05, 0.1) is 5.69 Å². The zero-order valence-corrected chi connectivity index (χ0v) is 10.7. The van der Waals surface area contributed by atoms with E-state index in [1.165, 1.54) is 12.8 Å². The van der Waals surface area contributed by atoms with E-state index in [4.69, 9.17) is 0 Å². The van der Waals surface area contributed by atoms with Gasteiger partial charge in [0.2, 0.25) is 0 Å². The van der Waals surface area contributed by atoms with Crippen LogP contribution in [0, 0.1) is 0 Å². The SMILES string of the molecule is O=S1(=O)N=CN(C[C@@H]2CCCN2)c2ccccc21. The maximum Gasteiger partial charge on any atom is 0.285 e. The highest BCUT2D eigenvalue weighted by Crippen LogP contribution is 2.29. The van der Waals surface area contributed by atoms with Crippen LogP contribution in [0.1, 0.15) is 12.8 Å². The molecule has 2 aliphatic rings. The summed E-state index contributed by atoms with van der Waals surface area (Å²) in [5, 5.41) is 3.40. The summed E-state index contributed by atoms with van der Waals surface area (Å²) in [7, 11) is -3.50. The molecule has 0 aliphatic carbocycles. The van der Waals surface area contributed by atoms with Crippen molar-refractivity contribution in [1.29, 1.82) is 0 Å². The molecule has 18 heavy (non-hydrogen) atoms. The van der Waals surface area contributed by atoms with Crippen molar-refractivity contribution in [1.82, 2.24) is 5.32 Å². The molecule has 1 aromatic carbocycles. The topological polar surface area (TPSA) is 61.8 Å². The zero-order chi connectivity index (χ0) is 12.6. The molecule has 96 valence electrons. The van der Waals surface area contributed by atoms with E-state index in [0.717, 1.165) is 25.2 Å². The Morgan fingerprint density at radius 1 is 1.39 bits per heavy atom. The number of sulfonamides is 1. The number of nitrogens with zero attached hydrogens (tertiary/aromatic N) is 2. The molecule has 5 nitrogen and oxygen atoms in total. The van der Waals surface area contributed by atoms with Crippen molar-refractivity contribution in [2.24, 2.45) is 4.40 Å². The lowest BCUT2D eigenvalue weighted by Crippen LogP contribution is -2.38. The lowest BCUT2D eigenvalue weighted by atomic mass is 10.2. The van der Waals surface area contributed by atoms with E-state index in [1.54, 1.807) is 12.1 Å². The van der Waals surface area contributed by atoms with Crippen LogP contribution < -0.4 is 10.2 Å². The molecule has 0 unspecified atom stereocenters. The third kappa shape index (κ3) is 2.02. The third-order valence-corrected chi connectivity index (χ3v) is 4.63. The van der Waals surface area contributed by atoms with E-state index in [2.05, 4.69) is 9.71 Å². The number of hydrogen-bond donors (Lipinski definition) is 1. The first-order chi connectivity index (χ1) is 8.67. The molecule has 0 amide bonds. The van der Waals surface area contributed by atoms with Crippen LogP contribution in [0.3, 0.4) is 0 Å². The quantitative estimate of drug-likeness (QED) is 0.865. The minimum absolute atomic E-state index is 0.297. The maximum atomic E-state index is 11.8. The highest BCUT2D eigenvalue weighted by Gasteiger charge is 2.26. The number of nitrogens with one attached hydrogen (secondary N) is 1. The van der Waals surface area contributed by atoms with Gasteiger partial charge in [-0.25, -0.2) is 0 Å². The molecule has 1 atom stereocenters. The Bertz CT molecular complexity index is 577. The molecule has 2 heterocycles. The monoisotopic (exact) mass is 265 g/mol. The number of para-hydroxylation sites is 1. The molecule has 1 saturated heterocycles. The standard InChI is InChI=1S/C12H15N3O2S/c16-18(17)12-6-2-1-5-11(12)15(9-14-18)8-10-4-3-7-13-10/h1-2,5-6,9-10,13H,3-4,7-8H2/t10-/m0/s1. The molecule has 3 rings (SSSR count). The third-order valence-electron chi connectivity index (χ3n) is 3.36. The molecule has 0 saturated carbocycles. The summed E-state index contributed by atoms with van der Waals surface area (Å²) < 4.78 is 27.3. The van der Waals surface area contributed by atoms with E-state index in [0.29, 0.717) is 10.9 Å². The van der Waals surface area contributed by atoms with E-state index >= 15 is 0 Å². The summed E-state index contributed by atoms with van der Waals surface area (Å²) in [6, 6.07) is 7.42. The molecular formula is C12H15N3O2S. The number of rotatable bonds is 2. The van der Waals surface area contributed by atoms with E-state index in [9.17, 15) is 8.42 Å². The Morgan fingerprint density at radius 3 is 3.00 bits per heavy atom. The lowest BCUT2D eigenvalue weighted by Gasteiger charge is -2.27. The van der Waals surface area contributed by atoms with Crippen molar-refractivity contribution in [3.63, 3.8) is 0 Å². The molecule has 0 spiro atoms. The summed E-state index contributed by atoms with van der Waals surface area (Å²) in [4.78, 5) is 2.21. The molecule has 0 aromatic heterocycles. The van der Waals surface area contributed by atoms with Crippen molar-refractivity contribution in [3.05, 3.63) is 24.3 Å². The minimum Gasteiger partial charge on any atom is -0.329 e. The van der Waals surface area contributed by atoms with Gasteiger partial charge < -0.3 is 10.2 Å². The molecule has 2 aliphatic heterocycles. The molecule has 6 heteroatoms. The molecule has 1 aromatic rings. The number of hydrogen-bond acceptors (Lipinski definition) is 4. The zero-order valence-electron chi connectivity index (χ0n) is 9.91. The Morgan fingerprint density at radius 2 is 2.22 bits per heavy atom. The fourth-order valence-corrected chi connectivity index (χ4v) is 3.50. The summed E-state index contributed by atoms with van der Waals surface area (Å²) in [6.07, 6.45) is 3.73. The number of benzene rings is 1. The fraction of sp³-hybridized carbons (Fsp3) is 0.417. The number of anilines is 1. The van der Waals surface area contributed by atoms with Crippen molar-refractivity contribution >= 4 is 22.0 Å². The van der Waals surface area contributed by atoms with Crippen LogP contribution in [-0.2, 0) is 10.0 Å². The van der Waals surface area contributed by atoms with E-state index < -0.39 is 10.0 Å². The van der Waals surface area contributed by atoms with Crippen LogP contribution in [-0.4, -0.2) is 33.9 Å². The van der Waals surface area contributed by atoms with Crippen LogP contribution >= 0.6 is 0 Å². The summed E-state index contributed by atoms with van der Waals surface area (Å²) >= 11 is 0. The predicted octanol–water partition coefficient (Wildman–Crippen LogP) is 0.976. The first-order valence-corrected chi connectivity index (χ1v) is 7.50. The van der Waals surface area contributed by atoms with Gasteiger partial charge in [-0.05, 0) is 31.5 Å². The lowest BCUT2D eigenvalue weighted by molar-refractivity contribution is 0.592. The van der Waals surface area contributed by atoms with Crippen LogP contribution in [0.25, 0.3) is 0 Å². The van der Waals surface area contributed by atoms with E-state index in [1.807, 2.05) is 17.0 Å². The van der Waals surface area contributed by atoms with Gasteiger partial charge in [0.15, 0.2) is 0 Å². The van der Waals surface area contributed by atoms with Crippen LogP contribution in [0.4, 0.5) is 5.69 Å². The van der Waals surface area contributed by atoms with Crippen LogP contribution in [0.2, 0.25) is 0 Å². The van der Waals surface area contributed by atoms with Crippen molar-refractivity contribution in [2.75, 3.05) is 18.0 Å². The van der Waals surface area contributed by atoms with Crippen LogP contribution in [0.5, 0.6) is 0 Å². The van der Waals surface area contributed by atoms with Gasteiger partial charge in [-0.3, -0.25) is 0 Å². The van der Waals surface area contributed by atoms with Gasteiger partial charge in [-0.2, -0.15) is 8.42 Å². The molecule has 1 fully saturated rings. The van der Waals surface area contributed by atoms with Gasteiger partial charge >= 0.3 is 0 Å². The predicted molar refractivity (Wildman–Crippen MR) is 70.5 cm³/mol. The summed E-state index contributed by atoms with van der Waals surface area (Å²) in [6.45, 7) is 1.80.